The molecule has 1 aliphatic carbocycles. The van der Waals surface area contributed by atoms with Crippen molar-refractivity contribution in [3.8, 4) is 5.75 Å². The van der Waals surface area contributed by atoms with Crippen LogP contribution in [0.1, 0.15) is 53.9 Å². The van der Waals surface area contributed by atoms with Crippen molar-refractivity contribution in [2.45, 2.75) is 58.0 Å². The van der Waals surface area contributed by atoms with E-state index in [4.69, 9.17) is 4.74 Å². The van der Waals surface area contributed by atoms with E-state index in [1.54, 1.807) is 0 Å². The van der Waals surface area contributed by atoms with Crippen molar-refractivity contribution in [1.82, 2.24) is 4.90 Å². The van der Waals surface area contributed by atoms with Gasteiger partial charge in [-0.05, 0) is 61.4 Å². The SMILES string of the molecule is Cc1ccc(C)c(OC2CCN(C(=O)C3CCCc4ccccc43)CC2)c1. The molecule has 0 radical (unpaired) electrons. The van der Waals surface area contributed by atoms with E-state index in [1.165, 1.54) is 22.3 Å². The summed E-state index contributed by atoms with van der Waals surface area (Å²) in [6, 6.07) is 14.8. The van der Waals surface area contributed by atoms with E-state index < -0.39 is 0 Å². The van der Waals surface area contributed by atoms with Crippen LogP contribution in [-0.4, -0.2) is 30.0 Å². The normalized spacial score (nSPS) is 20.2. The molecule has 0 bridgehead atoms. The van der Waals surface area contributed by atoms with E-state index in [-0.39, 0.29) is 12.0 Å². The van der Waals surface area contributed by atoms with Gasteiger partial charge in [0.15, 0.2) is 0 Å². The molecule has 0 spiro atoms. The van der Waals surface area contributed by atoms with Gasteiger partial charge in [0.2, 0.25) is 5.91 Å². The molecule has 0 aromatic heterocycles. The summed E-state index contributed by atoms with van der Waals surface area (Å²) in [6.45, 7) is 5.78. The van der Waals surface area contributed by atoms with Gasteiger partial charge in [-0.3, -0.25) is 4.79 Å². The van der Waals surface area contributed by atoms with Gasteiger partial charge < -0.3 is 9.64 Å². The van der Waals surface area contributed by atoms with Crippen molar-refractivity contribution in [2.75, 3.05) is 13.1 Å². The Balaban J connectivity index is 1.38. The average molecular weight is 364 g/mol. The standard InChI is InChI=1S/C24H29NO2/c1-17-10-11-18(2)23(16-17)27-20-12-14-25(15-13-20)24(26)22-9-5-7-19-6-3-4-8-21(19)22/h3-4,6,8,10-11,16,20,22H,5,7,9,12-15H2,1-2H3. The summed E-state index contributed by atoms with van der Waals surface area (Å²) in [6.07, 6.45) is 5.22. The molecule has 1 unspecified atom stereocenters. The van der Waals surface area contributed by atoms with Crippen molar-refractivity contribution < 1.29 is 9.53 Å². The van der Waals surface area contributed by atoms with Crippen LogP contribution in [0.5, 0.6) is 5.75 Å². The third kappa shape index (κ3) is 3.87. The van der Waals surface area contributed by atoms with E-state index in [9.17, 15) is 4.79 Å². The van der Waals surface area contributed by atoms with E-state index in [2.05, 4.69) is 61.2 Å². The lowest BCUT2D eigenvalue weighted by Crippen LogP contribution is -2.44. The quantitative estimate of drug-likeness (QED) is 0.784. The number of ether oxygens (including phenoxy) is 1. The number of hydrogen-bond donors (Lipinski definition) is 0. The number of likely N-dealkylation sites (tertiary alicyclic amines) is 1. The van der Waals surface area contributed by atoms with Crippen molar-refractivity contribution in [3.05, 3.63) is 64.7 Å². The zero-order valence-corrected chi connectivity index (χ0v) is 16.4. The molecule has 1 aliphatic heterocycles. The van der Waals surface area contributed by atoms with Crippen molar-refractivity contribution in [2.24, 2.45) is 0 Å². The highest BCUT2D eigenvalue weighted by Gasteiger charge is 2.32. The molecule has 3 heteroatoms. The third-order valence-corrected chi connectivity index (χ3v) is 6.06. The number of aryl methyl sites for hydroxylation is 3. The van der Waals surface area contributed by atoms with Crippen molar-refractivity contribution in [3.63, 3.8) is 0 Å². The number of rotatable bonds is 3. The van der Waals surface area contributed by atoms with Crippen molar-refractivity contribution in [1.29, 1.82) is 0 Å². The Hall–Kier alpha value is -2.29. The second kappa shape index (κ2) is 7.75. The van der Waals surface area contributed by atoms with Gasteiger partial charge in [0.25, 0.3) is 0 Å². The average Bonchev–Trinajstić information content (AvgIpc) is 2.70. The Labute approximate surface area is 162 Å². The number of fused-ring (bicyclic) bond motifs is 1. The van der Waals surface area contributed by atoms with E-state index in [0.29, 0.717) is 5.91 Å². The first-order valence-electron chi connectivity index (χ1n) is 10.2. The van der Waals surface area contributed by atoms with Crippen LogP contribution in [0, 0.1) is 13.8 Å². The molecule has 27 heavy (non-hydrogen) atoms. The van der Waals surface area contributed by atoms with E-state index in [0.717, 1.165) is 50.9 Å². The lowest BCUT2D eigenvalue weighted by molar-refractivity contribution is -0.135. The molecule has 2 aromatic rings. The monoisotopic (exact) mass is 363 g/mol. The number of amides is 1. The molecule has 2 aliphatic rings. The fourth-order valence-corrected chi connectivity index (χ4v) is 4.44. The zero-order chi connectivity index (χ0) is 18.8. The van der Waals surface area contributed by atoms with Gasteiger partial charge in [-0.2, -0.15) is 0 Å². The molecule has 1 heterocycles. The van der Waals surface area contributed by atoms with Crippen LogP contribution in [-0.2, 0) is 11.2 Å². The molecule has 0 N–H and O–H groups in total. The number of hydrogen-bond acceptors (Lipinski definition) is 2. The molecule has 2 aromatic carbocycles. The minimum absolute atomic E-state index is 0.0476. The predicted molar refractivity (Wildman–Crippen MR) is 108 cm³/mol. The predicted octanol–water partition coefficient (Wildman–Crippen LogP) is 4.79. The maximum Gasteiger partial charge on any atom is 0.230 e. The highest BCUT2D eigenvalue weighted by Crippen LogP contribution is 2.34. The van der Waals surface area contributed by atoms with Crippen LogP contribution in [0.3, 0.4) is 0 Å². The van der Waals surface area contributed by atoms with E-state index in [1.807, 2.05) is 0 Å². The second-order valence-electron chi connectivity index (χ2n) is 8.06. The zero-order valence-electron chi connectivity index (χ0n) is 16.4. The topological polar surface area (TPSA) is 29.5 Å². The summed E-state index contributed by atoms with van der Waals surface area (Å²) in [5, 5.41) is 0. The first kappa shape index (κ1) is 18.1. The Morgan fingerprint density at radius 1 is 1.04 bits per heavy atom. The highest BCUT2D eigenvalue weighted by molar-refractivity contribution is 5.84. The number of carbonyl (C=O) groups excluding carboxylic acids is 1. The summed E-state index contributed by atoms with van der Waals surface area (Å²) in [5.74, 6) is 1.35. The summed E-state index contributed by atoms with van der Waals surface area (Å²) < 4.78 is 6.26. The Morgan fingerprint density at radius 3 is 2.63 bits per heavy atom. The van der Waals surface area contributed by atoms with Crippen LogP contribution in [0.4, 0.5) is 0 Å². The molecule has 142 valence electrons. The molecule has 1 atom stereocenters. The van der Waals surface area contributed by atoms with Crippen LogP contribution in [0.25, 0.3) is 0 Å². The van der Waals surface area contributed by atoms with Gasteiger partial charge >= 0.3 is 0 Å². The molecule has 1 saturated heterocycles. The number of benzene rings is 2. The van der Waals surface area contributed by atoms with Gasteiger partial charge in [0, 0.05) is 25.9 Å². The first-order chi connectivity index (χ1) is 13.1. The third-order valence-electron chi connectivity index (χ3n) is 6.06. The fourth-order valence-electron chi connectivity index (χ4n) is 4.44. The molecule has 1 fully saturated rings. The lowest BCUT2D eigenvalue weighted by Gasteiger charge is -2.36. The molecule has 4 rings (SSSR count). The van der Waals surface area contributed by atoms with Gasteiger partial charge in [-0.15, -0.1) is 0 Å². The summed E-state index contributed by atoms with van der Waals surface area (Å²) in [7, 11) is 0. The molecular formula is C24H29NO2. The molecule has 0 saturated carbocycles. The minimum atomic E-state index is 0.0476. The Kier molecular flexibility index (Phi) is 5.20. The van der Waals surface area contributed by atoms with Crippen LogP contribution in [0.2, 0.25) is 0 Å². The van der Waals surface area contributed by atoms with Crippen LogP contribution >= 0.6 is 0 Å². The lowest BCUT2D eigenvalue weighted by atomic mass is 9.82. The first-order valence-corrected chi connectivity index (χ1v) is 10.2. The minimum Gasteiger partial charge on any atom is -0.490 e. The van der Waals surface area contributed by atoms with Gasteiger partial charge in [-0.1, -0.05) is 36.4 Å². The fraction of sp³-hybridized carbons (Fsp3) is 0.458. The number of nitrogens with zero attached hydrogens (tertiary/aromatic N) is 1. The Morgan fingerprint density at radius 2 is 1.81 bits per heavy atom. The summed E-state index contributed by atoms with van der Waals surface area (Å²) >= 11 is 0. The summed E-state index contributed by atoms with van der Waals surface area (Å²) in [5.41, 5.74) is 5.01. The largest absolute Gasteiger partial charge is 0.490 e. The van der Waals surface area contributed by atoms with E-state index >= 15 is 0 Å². The second-order valence-corrected chi connectivity index (χ2v) is 8.06. The van der Waals surface area contributed by atoms with Crippen LogP contribution < -0.4 is 4.74 Å². The summed E-state index contributed by atoms with van der Waals surface area (Å²) in [4.78, 5) is 15.2. The molecule has 1 amide bonds. The van der Waals surface area contributed by atoms with Crippen LogP contribution in [0.15, 0.2) is 42.5 Å². The van der Waals surface area contributed by atoms with Gasteiger partial charge in [-0.25, -0.2) is 0 Å². The Bertz CT molecular complexity index is 821. The maximum absolute atomic E-state index is 13.2. The maximum atomic E-state index is 13.2. The smallest absolute Gasteiger partial charge is 0.230 e. The molecular weight excluding hydrogens is 334 g/mol. The van der Waals surface area contributed by atoms with Gasteiger partial charge in [0.1, 0.15) is 11.9 Å². The highest BCUT2D eigenvalue weighted by atomic mass is 16.5. The number of piperidine rings is 1. The number of carbonyl (C=O) groups is 1. The molecule has 3 nitrogen and oxygen atoms in total. The van der Waals surface area contributed by atoms with Gasteiger partial charge in [0.05, 0.1) is 5.92 Å². The van der Waals surface area contributed by atoms with Crippen molar-refractivity contribution >= 4 is 5.91 Å².